The minimum Gasteiger partial charge on any atom is -0.480 e. The van der Waals surface area contributed by atoms with Gasteiger partial charge in [-0.25, -0.2) is 9.18 Å². The maximum Gasteiger partial charge on any atom is 0.328 e. The summed E-state index contributed by atoms with van der Waals surface area (Å²) in [6, 6.07) is 3.78. The molecule has 1 unspecified atom stereocenters. The van der Waals surface area contributed by atoms with Crippen LogP contribution in [0, 0.1) is 5.82 Å². The second-order valence-corrected chi connectivity index (χ2v) is 4.70. The molecule has 0 aliphatic rings. The number of rotatable bonds is 7. The molecule has 0 bridgehead atoms. The summed E-state index contributed by atoms with van der Waals surface area (Å²) < 4.78 is 13.1. The number of carboxylic acid groups (broad SMARTS) is 1. The molecular weight excluding hydrogens is 287 g/mol. The van der Waals surface area contributed by atoms with Crippen LogP contribution in [0.2, 0.25) is 5.02 Å². The summed E-state index contributed by atoms with van der Waals surface area (Å²) in [6.45, 7) is 2.06. The maximum atomic E-state index is 13.1. The van der Waals surface area contributed by atoms with E-state index in [0.717, 1.165) is 6.07 Å². The Morgan fingerprint density at radius 3 is 2.90 bits per heavy atom. The van der Waals surface area contributed by atoms with E-state index in [2.05, 4.69) is 15.3 Å². The minimum absolute atomic E-state index is 0.133. The quantitative estimate of drug-likeness (QED) is 0.350. The number of benzene rings is 1. The molecule has 0 spiro atoms. The lowest BCUT2D eigenvalue weighted by Crippen LogP contribution is -2.47. The lowest BCUT2D eigenvalue weighted by Gasteiger charge is -2.27. The first-order valence-corrected chi connectivity index (χ1v) is 6.24. The van der Waals surface area contributed by atoms with Gasteiger partial charge >= 0.3 is 5.97 Å². The van der Waals surface area contributed by atoms with E-state index in [0.29, 0.717) is 18.5 Å². The van der Waals surface area contributed by atoms with Crippen LogP contribution < -0.4 is 5.32 Å². The molecule has 0 saturated carbocycles. The van der Waals surface area contributed by atoms with Crippen molar-refractivity contribution in [1.82, 2.24) is 5.32 Å². The third kappa shape index (κ3) is 3.84. The predicted molar refractivity (Wildman–Crippen MR) is 73.0 cm³/mol. The van der Waals surface area contributed by atoms with Gasteiger partial charge in [-0.2, -0.15) is 0 Å². The van der Waals surface area contributed by atoms with Crippen LogP contribution >= 0.6 is 11.6 Å². The Balaban J connectivity index is 2.87. The normalized spacial score (nSPS) is 13.3. The van der Waals surface area contributed by atoms with E-state index in [1.165, 1.54) is 19.1 Å². The van der Waals surface area contributed by atoms with Gasteiger partial charge in [0.2, 0.25) is 0 Å². The summed E-state index contributed by atoms with van der Waals surface area (Å²) >= 11 is 5.68. The monoisotopic (exact) mass is 300 g/mol. The van der Waals surface area contributed by atoms with Crippen LogP contribution in [0.1, 0.15) is 18.9 Å². The Hall–Kier alpha value is -1.82. The summed E-state index contributed by atoms with van der Waals surface area (Å²) in [5, 5.41) is 15.4. The number of azide groups is 1. The average molecular weight is 301 g/mol. The lowest BCUT2D eigenvalue weighted by molar-refractivity contribution is -0.144. The van der Waals surface area contributed by atoms with Gasteiger partial charge < -0.3 is 5.11 Å². The Bertz CT molecular complexity index is 548. The van der Waals surface area contributed by atoms with E-state index in [1.54, 1.807) is 0 Å². The Morgan fingerprint density at radius 1 is 1.65 bits per heavy atom. The van der Waals surface area contributed by atoms with E-state index in [4.69, 9.17) is 17.1 Å². The highest BCUT2D eigenvalue weighted by molar-refractivity contribution is 6.30. The Morgan fingerprint density at radius 2 is 2.35 bits per heavy atom. The lowest BCUT2D eigenvalue weighted by atomic mass is 9.92. The molecule has 6 nitrogen and oxygen atoms in total. The van der Waals surface area contributed by atoms with Crippen LogP contribution in [0.25, 0.3) is 10.4 Å². The van der Waals surface area contributed by atoms with Crippen LogP contribution in [0.15, 0.2) is 23.3 Å². The zero-order valence-corrected chi connectivity index (χ0v) is 11.6. The van der Waals surface area contributed by atoms with Crippen molar-refractivity contribution in [3.63, 3.8) is 0 Å². The summed E-state index contributed by atoms with van der Waals surface area (Å²) in [7, 11) is 0. The molecular formula is C12H14ClFN4O2. The Labute approximate surface area is 120 Å². The molecule has 20 heavy (non-hydrogen) atoms. The zero-order chi connectivity index (χ0) is 15.2. The highest BCUT2D eigenvalue weighted by Gasteiger charge is 2.34. The highest BCUT2D eigenvalue weighted by Crippen LogP contribution is 2.25. The second-order valence-electron chi connectivity index (χ2n) is 4.29. The van der Waals surface area contributed by atoms with Gasteiger partial charge in [0.25, 0.3) is 0 Å². The van der Waals surface area contributed by atoms with Crippen molar-refractivity contribution in [2.75, 3.05) is 13.1 Å². The molecule has 108 valence electrons. The SMILES string of the molecule is CC(NCCCN=[N+]=[N-])(C(=O)O)c1ccc(F)c(Cl)c1. The number of nitrogens with one attached hydrogen (secondary N) is 1. The fourth-order valence-corrected chi connectivity index (χ4v) is 1.82. The number of aliphatic carboxylic acids is 1. The first-order valence-electron chi connectivity index (χ1n) is 5.86. The van der Waals surface area contributed by atoms with Gasteiger partial charge in [0.15, 0.2) is 0 Å². The van der Waals surface area contributed by atoms with E-state index >= 15 is 0 Å². The molecule has 0 radical (unpaired) electrons. The fourth-order valence-electron chi connectivity index (χ4n) is 1.64. The molecule has 0 saturated heterocycles. The molecule has 1 rings (SSSR count). The summed E-state index contributed by atoms with van der Waals surface area (Å²) in [5.41, 5.74) is 7.09. The molecule has 0 amide bonds. The van der Waals surface area contributed by atoms with Crippen molar-refractivity contribution >= 4 is 17.6 Å². The van der Waals surface area contributed by atoms with Crippen LogP contribution in [0.5, 0.6) is 0 Å². The number of nitrogens with zero attached hydrogens (tertiary/aromatic N) is 3. The first-order chi connectivity index (χ1) is 9.41. The molecule has 8 heteroatoms. The van der Waals surface area contributed by atoms with Crippen molar-refractivity contribution in [2.45, 2.75) is 18.9 Å². The number of carbonyl (C=O) groups is 1. The summed E-state index contributed by atoms with van der Waals surface area (Å²) in [6.07, 6.45) is 0.488. The van der Waals surface area contributed by atoms with Crippen molar-refractivity contribution < 1.29 is 14.3 Å². The van der Waals surface area contributed by atoms with E-state index < -0.39 is 17.3 Å². The average Bonchev–Trinajstić information content (AvgIpc) is 2.41. The fraction of sp³-hybridized carbons (Fsp3) is 0.417. The molecule has 1 aromatic rings. The van der Waals surface area contributed by atoms with Crippen LogP contribution in [-0.2, 0) is 10.3 Å². The number of hydrogen-bond donors (Lipinski definition) is 2. The van der Waals surface area contributed by atoms with Crippen LogP contribution in [0.3, 0.4) is 0 Å². The number of carboxylic acids is 1. The molecule has 0 fully saturated rings. The summed E-state index contributed by atoms with van der Waals surface area (Å²) in [4.78, 5) is 14.1. The van der Waals surface area contributed by atoms with Crippen molar-refractivity contribution in [1.29, 1.82) is 0 Å². The van der Waals surface area contributed by atoms with Crippen LogP contribution in [-0.4, -0.2) is 24.2 Å². The van der Waals surface area contributed by atoms with Crippen LogP contribution in [0.4, 0.5) is 4.39 Å². The van der Waals surface area contributed by atoms with Gasteiger partial charge in [-0.3, -0.25) is 5.32 Å². The van der Waals surface area contributed by atoms with E-state index in [-0.39, 0.29) is 11.6 Å². The summed E-state index contributed by atoms with van der Waals surface area (Å²) in [5.74, 6) is -1.71. The van der Waals surface area contributed by atoms with Gasteiger partial charge in [0, 0.05) is 11.5 Å². The third-order valence-electron chi connectivity index (χ3n) is 2.90. The van der Waals surface area contributed by atoms with Crippen molar-refractivity contribution in [2.24, 2.45) is 5.11 Å². The molecule has 0 aliphatic carbocycles. The smallest absolute Gasteiger partial charge is 0.328 e. The minimum atomic E-state index is -1.40. The third-order valence-corrected chi connectivity index (χ3v) is 3.19. The molecule has 0 heterocycles. The number of halogens is 2. The van der Waals surface area contributed by atoms with Gasteiger partial charge in [0.05, 0.1) is 5.02 Å². The Kier molecular flexibility index (Phi) is 5.76. The molecule has 2 N–H and O–H groups in total. The number of hydrogen-bond acceptors (Lipinski definition) is 3. The molecule has 1 aromatic carbocycles. The molecule has 0 aliphatic heterocycles. The van der Waals surface area contributed by atoms with E-state index in [1.807, 2.05) is 0 Å². The largest absolute Gasteiger partial charge is 0.480 e. The first kappa shape index (κ1) is 16.2. The van der Waals surface area contributed by atoms with Gasteiger partial charge in [0.1, 0.15) is 11.4 Å². The van der Waals surface area contributed by atoms with Gasteiger partial charge in [-0.15, -0.1) is 0 Å². The maximum absolute atomic E-state index is 13.1. The second kappa shape index (κ2) is 7.09. The van der Waals surface area contributed by atoms with Gasteiger partial charge in [-0.1, -0.05) is 22.8 Å². The standard InChI is InChI=1S/C12H14ClFN4O2/c1-12(11(19)20,16-5-2-6-17-18-15)8-3-4-10(14)9(13)7-8/h3-4,7,16H,2,5-6H2,1H3,(H,19,20). The van der Waals surface area contributed by atoms with Crippen molar-refractivity contribution in [3.8, 4) is 0 Å². The van der Waals surface area contributed by atoms with Gasteiger partial charge in [-0.05, 0) is 43.1 Å². The predicted octanol–water partition coefficient (Wildman–Crippen LogP) is 3.07. The zero-order valence-electron chi connectivity index (χ0n) is 10.8. The molecule has 1 atom stereocenters. The molecule has 0 aromatic heterocycles. The van der Waals surface area contributed by atoms with Crippen molar-refractivity contribution in [3.05, 3.63) is 45.0 Å². The highest BCUT2D eigenvalue weighted by atomic mass is 35.5. The van der Waals surface area contributed by atoms with E-state index in [9.17, 15) is 14.3 Å². The topological polar surface area (TPSA) is 98.1 Å².